The highest BCUT2D eigenvalue weighted by atomic mass is 35.5. The summed E-state index contributed by atoms with van der Waals surface area (Å²) in [4.78, 5) is 0.503. The Hall–Kier alpha value is -2.42. The minimum Gasteiger partial charge on any atom is -0.418 e. The van der Waals surface area contributed by atoms with Gasteiger partial charge in [-0.3, -0.25) is 4.21 Å². The van der Waals surface area contributed by atoms with Crippen LogP contribution in [-0.2, 0) is 16.2 Å². The largest absolute Gasteiger partial charge is 0.418 e. The molecule has 6 rings (SSSR count). The van der Waals surface area contributed by atoms with E-state index in [1.807, 2.05) is 42.5 Å². The van der Waals surface area contributed by atoms with Crippen molar-refractivity contribution in [3.8, 4) is 17.3 Å². The highest BCUT2D eigenvalue weighted by Crippen LogP contribution is 2.53. The lowest BCUT2D eigenvalue weighted by atomic mass is 9.96. The Kier molecular flexibility index (Phi) is 6.77. The van der Waals surface area contributed by atoms with Crippen LogP contribution in [0.2, 0.25) is 15.1 Å². The number of halogens is 4. The molecule has 194 valence electrons. The van der Waals surface area contributed by atoms with Crippen LogP contribution in [0.5, 0.6) is 0 Å². The summed E-state index contributed by atoms with van der Waals surface area (Å²) in [7, 11) is -1.44. The third-order valence-electron chi connectivity index (χ3n) is 6.89. The third-order valence-corrected chi connectivity index (χ3v) is 8.94. The second kappa shape index (κ2) is 9.96. The summed E-state index contributed by atoms with van der Waals surface area (Å²) >= 11 is 25.1. The lowest BCUT2D eigenvalue weighted by Gasteiger charge is -2.18. The van der Waals surface area contributed by atoms with E-state index < -0.39 is 10.8 Å². The predicted octanol–water partition coefficient (Wildman–Crippen LogP) is 7.87. The Bertz CT molecular complexity index is 1640. The fourth-order valence-electron chi connectivity index (χ4n) is 4.83. The predicted molar refractivity (Wildman–Crippen MR) is 151 cm³/mol. The molecule has 6 nitrogen and oxygen atoms in total. The van der Waals surface area contributed by atoms with Crippen molar-refractivity contribution in [1.29, 1.82) is 0 Å². The van der Waals surface area contributed by atoms with Crippen LogP contribution in [0.25, 0.3) is 17.3 Å². The van der Waals surface area contributed by atoms with Gasteiger partial charge in [0.25, 0.3) is 5.89 Å². The van der Waals surface area contributed by atoms with Gasteiger partial charge >= 0.3 is 0 Å². The maximum atomic E-state index is 13.3. The topological polar surface area (TPSA) is 73.8 Å². The molecule has 0 N–H and O–H groups in total. The van der Waals surface area contributed by atoms with E-state index in [-0.39, 0.29) is 17.2 Å². The molecular weight excluding hydrogens is 586 g/mol. The molecular formula is C27H20Cl4N4O2S. The van der Waals surface area contributed by atoms with Gasteiger partial charge in [-0.2, -0.15) is 5.10 Å². The van der Waals surface area contributed by atoms with E-state index in [1.54, 1.807) is 29.1 Å². The van der Waals surface area contributed by atoms with Crippen LogP contribution in [0.4, 0.5) is 0 Å². The van der Waals surface area contributed by atoms with Gasteiger partial charge in [-0.1, -0.05) is 70.7 Å². The Balaban J connectivity index is 1.51. The summed E-state index contributed by atoms with van der Waals surface area (Å²) in [6.07, 6.45) is 9.69. The molecule has 0 saturated heterocycles. The molecule has 0 bridgehead atoms. The van der Waals surface area contributed by atoms with Crippen LogP contribution in [0, 0.1) is 0 Å². The number of hydrogen-bond donors (Lipinski definition) is 0. The summed E-state index contributed by atoms with van der Waals surface area (Å²) < 4.78 is 21.2. The SMILES string of the molecule is CS(=O)c1c(-c2nnc(C3(c4ccc(Cl)cc4)CC3)o2)nn(-c2ccc(Cl)cc2Cl)c1C1C=CC(Cl)=CC1. The van der Waals surface area contributed by atoms with E-state index in [0.717, 1.165) is 18.4 Å². The second-order valence-corrected chi connectivity index (χ2v) is 12.3. The average molecular weight is 606 g/mol. The molecule has 2 aliphatic carbocycles. The molecule has 0 amide bonds. The molecule has 2 unspecified atom stereocenters. The summed E-state index contributed by atoms with van der Waals surface area (Å²) in [5.41, 5.74) is 2.36. The van der Waals surface area contributed by atoms with E-state index >= 15 is 0 Å². The van der Waals surface area contributed by atoms with Gasteiger partial charge in [-0.05, 0) is 61.2 Å². The first-order valence-electron chi connectivity index (χ1n) is 11.8. The number of allylic oxidation sites excluding steroid dienone is 4. The van der Waals surface area contributed by atoms with Crippen LogP contribution in [0.3, 0.4) is 0 Å². The number of aromatic nitrogens is 4. The average Bonchev–Trinajstić information content (AvgIpc) is 3.37. The van der Waals surface area contributed by atoms with E-state index in [9.17, 15) is 4.21 Å². The van der Waals surface area contributed by atoms with Gasteiger partial charge in [-0.15, -0.1) is 10.2 Å². The first-order chi connectivity index (χ1) is 18.3. The normalized spacial score (nSPS) is 18.9. The molecule has 2 aromatic heterocycles. The smallest absolute Gasteiger partial charge is 0.269 e. The maximum Gasteiger partial charge on any atom is 0.269 e. The zero-order valence-electron chi connectivity index (χ0n) is 20.0. The summed E-state index contributed by atoms with van der Waals surface area (Å²) in [5, 5.41) is 15.8. The van der Waals surface area contributed by atoms with Gasteiger partial charge in [0.1, 0.15) is 0 Å². The van der Waals surface area contributed by atoms with Gasteiger partial charge in [0.15, 0.2) is 5.69 Å². The minimum atomic E-state index is -1.44. The van der Waals surface area contributed by atoms with Gasteiger partial charge in [0.2, 0.25) is 5.89 Å². The van der Waals surface area contributed by atoms with Gasteiger partial charge in [0.05, 0.1) is 37.5 Å². The summed E-state index contributed by atoms with van der Waals surface area (Å²) in [5.74, 6) is 0.537. The molecule has 2 heterocycles. The third kappa shape index (κ3) is 4.54. The van der Waals surface area contributed by atoms with Crippen LogP contribution in [0.15, 0.2) is 75.0 Å². The van der Waals surface area contributed by atoms with E-state index in [1.165, 1.54) is 0 Å². The van der Waals surface area contributed by atoms with Crippen molar-refractivity contribution in [2.24, 2.45) is 0 Å². The minimum absolute atomic E-state index is 0.157. The number of rotatable bonds is 6. The second-order valence-electron chi connectivity index (χ2n) is 9.32. The number of nitrogens with zero attached hydrogens (tertiary/aromatic N) is 4. The lowest BCUT2D eigenvalue weighted by Crippen LogP contribution is -2.10. The monoisotopic (exact) mass is 604 g/mol. The van der Waals surface area contributed by atoms with E-state index in [2.05, 4.69) is 10.2 Å². The summed E-state index contributed by atoms with van der Waals surface area (Å²) in [6.45, 7) is 0. The van der Waals surface area contributed by atoms with Crippen LogP contribution in [-0.4, -0.2) is 30.4 Å². The molecule has 0 radical (unpaired) electrons. The van der Waals surface area contributed by atoms with E-state index in [4.69, 9.17) is 55.9 Å². The highest BCUT2D eigenvalue weighted by molar-refractivity contribution is 7.84. The fourth-order valence-corrected chi connectivity index (χ4v) is 6.54. The van der Waals surface area contributed by atoms with Gasteiger partial charge < -0.3 is 4.42 Å². The van der Waals surface area contributed by atoms with Crippen LogP contribution >= 0.6 is 46.4 Å². The van der Waals surface area contributed by atoms with Crippen molar-refractivity contribution in [2.45, 2.75) is 35.5 Å². The molecule has 2 aliphatic rings. The Morgan fingerprint density at radius 3 is 2.39 bits per heavy atom. The lowest BCUT2D eigenvalue weighted by molar-refractivity contribution is 0.470. The van der Waals surface area contributed by atoms with Crippen molar-refractivity contribution < 1.29 is 8.63 Å². The number of benzene rings is 2. The molecule has 11 heteroatoms. The van der Waals surface area contributed by atoms with Crippen molar-refractivity contribution >= 4 is 57.2 Å². The first kappa shape index (κ1) is 25.8. The van der Waals surface area contributed by atoms with Crippen molar-refractivity contribution in [2.75, 3.05) is 6.26 Å². The Morgan fingerprint density at radius 2 is 1.76 bits per heavy atom. The fraction of sp³-hybridized carbons (Fsp3) is 0.222. The van der Waals surface area contributed by atoms with Crippen molar-refractivity contribution in [1.82, 2.24) is 20.0 Å². The first-order valence-corrected chi connectivity index (χ1v) is 14.9. The number of hydrogen-bond acceptors (Lipinski definition) is 5. The van der Waals surface area contributed by atoms with Gasteiger partial charge in [-0.25, -0.2) is 4.68 Å². The zero-order valence-corrected chi connectivity index (χ0v) is 23.8. The molecule has 1 fully saturated rings. The maximum absolute atomic E-state index is 13.3. The van der Waals surface area contributed by atoms with Crippen LogP contribution in [0.1, 0.15) is 42.3 Å². The molecule has 38 heavy (non-hydrogen) atoms. The molecule has 2 atom stereocenters. The molecule has 1 saturated carbocycles. The molecule has 0 aliphatic heterocycles. The molecule has 4 aromatic rings. The van der Waals surface area contributed by atoms with E-state index in [0.29, 0.717) is 54.4 Å². The zero-order chi connectivity index (χ0) is 26.6. The standard InChI is InChI=1S/C27H20Cl4N4O2S/c1-38(36)24-22(25-32-33-26(37-25)27(12-13-27)16-4-8-18(29)9-5-16)34-35(21-11-10-19(30)14-20(21)31)23(24)15-2-6-17(28)7-3-15/h2,4-11,14-15H,3,12-13H2,1H3. The molecule has 0 spiro atoms. The quantitative estimate of drug-likeness (QED) is 0.224. The van der Waals surface area contributed by atoms with Crippen molar-refractivity contribution in [3.63, 3.8) is 0 Å². The Morgan fingerprint density at radius 1 is 1.03 bits per heavy atom. The van der Waals surface area contributed by atoms with Crippen LogP contribution < -0.4 is 0 Å². The van der Waals surface area contributed by atoms with Gasteiger partial charge in [0, 0.05) is 27.3 Å². The highest BCUT2D eigenvalue weighted by Gasteiger charge is 2.51. The Labute approximate surface area is 241 Å². The molecule has 2 aromatic carbocycles. The van der Waals surface area contributed by atoms with Crippen molar-refractivity contribution in [3.05, 3.63) is 97.9 Å². The summed E-state index contributed by atoms with van der Waals surface area (Å²) in [6, 6.07) is 12.8.